The van der Waals surface area contributed by atoms with E-state index in [1.807, 2.05) is 24.3 Å². The highest BCUT2D eigenvalue weighted by atomic mass is 16.5. The molecule has 1 amide bonds. The molecule has 1 aliphatic heterocycles. The van der Waals surface area contributed by atoms with Crippen molar-refractivity contribution in [1.82, 2.24) is 4.90 Å². The number of amides is 1. The average Bonchev–Trinajstić information content (AvgIpc) is 3.02. The van der Waals surface area contributed by atoms with Crippen molar-refractivity contribution in [3.8, 4) is 5.75 Å². The Balaban J connectivity index is 1.64. The van der Waals surface area contributed by atoms with Gasteiger partial charge in [0.1, 0.15) is 12.4 Å². The van der Waals surface area contributed by atoms with E-state index in [0.717, 1.165) is 24.2 Å². The van der Waals surface area contributed by atoms with E-state index < -0.39 is 6.10 Å². The number of hydrogen-bond acceptors (Lipinski definition) is 4. The first-order chi connectivity index (χ1) is 11.7. The number of β-amino-alcohol motifs (C(OH)–C–C–N with tert-alkyl or cyclic N) is 1. The first-order valence-electron chi connectivity index (χ1n) is 8.90. The zero-order valence-corrected chi connectivity index (χ0v) is 14.3. The highest BCUT2D eigenvalue weighted by Crippen LogP contribution is 2.34. The summed E-state index contributed by atoms with van der Waals surface area (Å²) < 4.78 is 11.1. The molecule has 0 aromatic heterocycles. The van der Waals surface area contributed by atoms with E-state index in [0.29, 0.717) is 13.0 Å². The lowest BCUT2D eigenvalue weighted by Crippen LogP contribution is -2.36. The molecule has 132 valence electrons. The van der Waals surface area contributed by atoms with Gasteiger partial charge in [0.25, 0.3) is 0 Å². The maximum absolute atomic E-state index is 12.6. The second kappa shape index (κ2) is 7.99. The maximum atomic E-state index is 12.6. The predicted octanol–water partition coefficient (Wildman–Crippen LogP) is 2.68. The highest BCUT2D eigenvalue weighted by Gasteiger charge is 2.35. The van der Waals surface area contributed by atoms with E-state index in [9.17, 15) is 9.90 Å². The number of methoxy groups -OCH3 is 1. The van der Waals surface area contributed by atoms with Crippen LogP contribution in [0.2, 0.25) is 0 Å². The Hall–Kier alpha value is -1.59. The molecule has 1 saturated carbocycles. The summed E-state index contributed by atoms with van der Waals surface area (Å²) >= 11 is 0. The van der Waals surface area contributed by atoms with Crippen LogP contribution in [0, 0.1) is 0 Å². The molecule has 2 aliphatic rings. The number of rotatable bonds is 5. The van der Waals surface area contributed by atoms with E-state index in [2.05, 4.69) is 0 Å². The van der Waals surface area contributed by atoms with Crippen molar-refractivity contribution in [2.75, 3.05) is 20.3 Å². The quantitative estimate of drug-likeness (QED) is 0.900. The summed E-state index contributed by atoms with van der Waals surface area (Å²) in [6, 6.07) is 7.60. The standard InChI is InChI=1S/C19H27NO4/c1-23-17-9-5-6-14(10-17)18-11-15(21)12-20(18)19(22)13-24-16-7-3-2-4-8-16/h5-6,9-10,15-16,18,21H,2-4,7-8,11-13H2,1H3. The van der Waals surface area contributed by atoms with Crippen molar-refractivity contribution >= 4 is 5.91 Å². The van der Waals surface area contributed by atoms with Crippen LogP contribution in [0.25, 0.3) is 0 Å². The van der Waals surface area contributed by atoms with Crippen molar-refractivity contribution in [1.29, 1.82) is 0 Å². The minimum absolute atomic E-state index is 0.0371. The van der Waals surface area contributed by atoms with Gasteiger partial charge in [0.15, 0.2) is 0 Å². The zero-order valence-electron chi connectivity index (χ0n) is 14.3. The molecule has 3 rings (SSSR count). The molecule has 2 atom stereocenters. The lowest BCUT2D eigenvalue weighted by atomic mass is 9.98. The summed E-state index contributed by atoms with van der Waals surface area (Å²) in [5.74, 6) is 0.727. The largest absolute Gasteiger partial charge is 0.497 e. The number of aliphatic hydroxyl groups is 1. The lowest BCUT2D eigenvalue weighted by Gasteiger charge is -2.27. The Morgan fingerprint density at radius 3 is 2.83 bits per heavy atom. The van der Waals surface area contributed by atoms with Crippen molar-refractivity contribution in [3.05, 3.63) is 29.8 Å². The molecule has 0 bridgehead atoms. The van der Waals surface area contributed by atoms with Crippen LogP contribution in [-0.4, -0.2) is 48.4 Å². The number of benzene rings is 1. The average molecular weight is 333 g/mol. The molecule has 5 heteroatoms. The van der Waals surface area contributed by atoms with Gasteiger partial charge in [0, 0.05) is 6.54 Å². The smallest absolute Gasteiger partial charge is 0.249 e. The van der Waals surface area contributed by atoms with Crippen LogP contribution in [0.4, 0.5) is 0 Å². The van der Waals surface area contributed by atoms with Crippen LogP contribution < -0.4 is 4.74 Å². The van der Waals surface area contributed by atoms with E-state index in [1.54, 1.807) is 12.0 Å². The SMILES string of the molecule is COc1cccc(C2CC(O)CN2C(=O)COC2CCCCC2)c1. The third-order valence-corrected chi connectivity index (χ3v) is 5.07. The summed E-state index contributed by atoms with van der Waals surface area (Å²) in [6.07, 6.45) is 6.03. The maximum Gasteiger partial charge on any atom is 0.249 e. The van der Waals surface area contributed by atoms with E-state index >= 15 is 0 Å². The molecule has 1 saturated heterocycles. The molecule has 1 N–H and O–H groups in total. The lowest BCUT2D eigenvalue weighted by molar-refractivity contribution is -0.140. The summed E-state index contributed by atoms with van der Waals surface area (Å²) in [6.45, 7) is 0.479. The number of likely N-dealkylation sites (tertiary alicyclic amines) is 1. The van der Waals surface area contributed by atoms with Crippen LogP contribution >= 0.6 is 0 Å². The van der Waals surface area contributed by atoms with Crippen molar-refractivity contribution in [2.24, 2.45) is 0 Å². The molecule has 24 heavy (non-hydrogen) atoms. The number of carbonyl (C=O) groups is 1. The Bertz CT molecular complexity index is 556. The van der Waals surface area contributed by atoms with Crippen LogP contribution in [-0.2, 0) is 9.53 Å². The van der Waals surface area contributed by atoms with Crippen LogP contribution in [0.1, 0.15) is 50.1 Å². The fraction of sp³-hybridized carbons (Fsp3) is 0.632. The van der Waals surface area contributed by atoms with E-state index in [-0.39, 0.29) is 24.7 Å². The predicted molar refractivity (Wildman–Crippen MR) is 90.9 cm³/mol. The fourth-order valence-electron chi connectivity index (χ4n) is 3.76. The van der Waals surface area contributed by atoms with Gasteiger partial charge in [-0.1, -0.05) is 31.4 Å². The molecular weight excluding hydrogens is 306 g/mol. The second-order valence-corrected chi connectivity index (χ2v) is 6.80. The normalized spacial score (nSPS) is 25.0. The molecular formula is C19H27NO4. The molecule has 0 spiro atoms. The van der Waals surface area contributed by atoms with Gasteiger partial charge in [-0.15, -0.1) is 0 Å². The molecule has 1 aliphatic carbocycles. The molecule has 2 unspecified atom stereocenters. The van der Waals surface area contributed by atoms with Gasteiger partial charge in [-0.05, 0) is 37.0 Å². The summed E-state index contributed by atoms with van der Waals surface area (Å²) in [5, 5.41) is 10.1. The number of carbonyl (C=O) groups excluding carboxylic acids is 1. The Morgan fingerprint density at radius 2 is 2.08 bits per heavy atom. The Kier molecular flexibility index (Phi) is 5.74. The zero-order chi connectivity index (χ0) is 16.9. The summed E-state index contributed by atoms with van der Waals surface area (Å²) in [4.78, 5) is 14.4. The number of aliphatic hydroxyl groups excluding tert-OH is 1. The first kappa shape index (κ1) is 17.2. The van der Waals surface area contributed by atoms with E-state index in [4.69, 9.17) is 9.47 Å². The van der Waals surface area contributed by atoms with Crippen LogP contribution in [0.5, 0.6) is 5.75 Å². The second-order valence-electron chi connectivity index (χ2n) is 6.80. The minimum Gasteiger partial charge on any atom is -0.497 e. The summed E-state index contributed by atoms with van der Waals surface area (Å²) in [7, 11) is 1.63. The third kappa shape index (κ3) is 4.08. The molecule has 1 heterocycles. The molecule has 0 radical (unpaired) electrons. The van der Waals surface area contributed by atoms with Gasteiger partial charge in [-0.2, -0.15) is 0 Å². The van der Waals surface area contributed by atoms with E-state index in [1.165, 1.54) is 19.3 Å². The number of hydrogen-bond donors (Lipinski definition) is 1. The first-order valence-corrected chi connectivity index (χ1v) is 8.90. The highest BCUT2D eigenvalue weighted by molar-refractivity contribution is 5.78. The fourth-order valence-corrected chi connectivity index (χ4v) is 3.76. The van der Waals surface area contributed by atoms with Crippen LogP contribution in [0.3, 0.4) is 0 Å². The van der Waals surface area contributed by atoms with Gasteiger partial charge in [0.05, 0.1) is 25.4 Å². The van der Waals surface area contributed by atoms with Crippen molar-refractivity contribution in [2.45, 2.75) is 56.8 Å². The number of nitrogens with zero attached hydrogens (tertiary/aromatic N) is 1. The minimum atomic E-state index is -0.486. The molecule has 1 aromatic rings. The van der Waals surface area contributed by atoms with Gasteiger partial charge in [-0.25, -0.2) is 0 Å². The Morgan fingerprint density at radius 1 is 1.29 bits per heavy atom. The van der Waals surface area contributed by atoms with Gasteiger partial charge in [-0.3, -0.25) is 4.79 Å². The van der Waals surface area contributed by atoms with Crippen molar-refractivity contribution < 1.29 is 19.4 Å². The topological polar surface area (TPSA) is 59.0 Å². The van der Waals surface area contributed by atoms with Gasteiger partial charge in [0.2, 0.25) is 5.91 Å². The molecule has 2 fully saturated rings. The van der Waals surface area contributed by atoms with Gasteiger partial charge < -0.3 is 19.5 Å². The monoisotopic (exact) mass is 333 g/mol. The molecule has 5 nitrogen and oxygen atoms in total. The summed E-state index contributed by atoms with van der Waals surface area (Å²) in [5.41, 5.74) is 0.997. The third-order valence-electron chi connectivity index (χ3n) is 5.07. The Labute approximate surface area is 143 Å². The van der Waals surface area contributed by atoms with Gasteiger partial charge >= 0.3 is 0 Å². The van der Waals surface area contributed by atoms with Crippen LogP contribution in [0.15, 0.2) is 24.3 Å². The van der Waals surface area contributed by atoms with Crippen molar-refractivity contribution in [3.63, 3.8) is 0 Å². The molecule has 1 aromatic carbocycles. The number of ether oxygens (including phenoxy) is 2.